The zero-order valence-electron chi connectivity index (χ0n) is 20.8. The van der Waals surface area contributed by atoms with Crippen LogP contribution in [0.4, 0.5) is 4.39 Å². The molecular weight excluding hydrogens is 395 g/mol. The van der Waals surface area contributed by atoms with Gasteiger partial charge in [0.1, 0.15) is 11.4 Å². The number of benzene rings is 2. The van der Waals surface area contributed by atoms with Crippen LogP contribution in [0.3, 0.4) is 0 Å². The van der Waals surface area contributed by atoms with E-state index in [2.05, 4.69) is 63.4 Å². The number of aromatic hydroxyl groups is 1. The third kappa shape index (κ3) is 8.30. The molecule has 2 aromatic rings. The number of alkyl halides is 1. The fourth-order valence-electron chi connectivity index (χ4n) is 4.20. The molecule has 0 aliphatic heterocycles. The number of phenolic OH excluding ortho intramolecular Hbond substituents is 1. The van der Waals surface area contributed by atoms with Crippen molar-refractivity contribution >= 4 is 0 Å². The summed E-state index contributed by atoms with van der Waals surface area (Å²) in [5, 5.41) is 9.54. The molecule has 3 rings (SSSR count). The largest absolute Gasteiger partial charge is 0.508 e. The Labute approximate surface area is 195 Å². The summed E-state index contributed by atoms with van der Waals surface area (Å²) in [5.74, 6) is 1.95. The molecule has 0 spiro atoms. The second-order valence-electron chi connectivity index (χ2n) is 10.4. The molecule has 1 fully saturated rings. The highest BCUT2D eigenvalue weighted by Gasteiger charge is 2.32. The highest BCUT2D eigenvalue weighted by atomic mass is 19.1. The molecule has 1 nitrogen and oxygen atoms in total. The van der Waals surface area contributed by atoms with Crippen molar-refractivity contribution in [2.24, 2.45) is 5.92 Å². The molecule has 1 N–H and O–H groups in total. The van der Waals surface area contributed by atoms with Crippen molar-refractivity contribution in [3.8, 4) is 5.75 Å². The Morgan fingerprint density at radius 1 is 1.03 bits per heavy atom. The highest BCUT2D eigenvalue weighted by molar-refractivity contribution is 5.37. The first-order valence-electron chi connectivity index (χ1n) is 11.7. The molecule has 1 unspecified atom stereocenters. The lowest BCUT2D eigenvalue weighted by atomic mass is 9.84. The first-order valence-corrected chi connectivity index (χ1v) is 11.7. The molecule has 2 atom stereocenters. The minimum atomic E-state index is -1.16. The van der Waals surface area contributed by atoms with Gasteiger partial charge in [0, 0.05) is 5.92 Å². The van der Waals surface area contributed by atoms with E-state index in [0.717, 1.165) is 29.0 Å². The predicted molar refractivity (Wildman–Crippen MR) is 136 cm³/mol. The lowest BCUT2D eigenvalue weighted by Crippen LogP contribution is -2.17. The van der Waals surface area contributed by atoms with Gasteiger partial charge in [-0.15, -0.1) is 6.58 Å². The van der Waals surface area contributed by atoms with Gasteiger partial charge >= 0.3 is 0 Å². The molecule has 0 aromatic heterocycles. The van der Waals surface area contributed by atoms with Crippen LogP contribution in [0.25, 0.3) is 0 Å². The molecule has 1 aliphatic rings. The van der Waals surface area contributed by atoms with Gasteiger partial charge in [-0.05, 0) is 102 Å². The fourth-order valence-corrected chi connectivity index (χ4v) is 4.20. The van der Waals surface area contributed by atoms with Crippen molar-refractivity contribution in [3.63, 3.8) is 0 Å². The molecule has 1 saturated carbocycles. The van der Waals surface area contributed by atoms with Crippen molar-refractivity contribution in [1.82, 2.24) is 0 Å². The molecule has 0 radical (unpaired) electrons. The maximum Gasteiger partial charge on any atom is 0.118 e. The third-order valence-corrected chi connectivity index (χ3v) is 6.17. The third-order valence-electron chi connectivity index (χ3n) is 6.17. The summed E-state index contributed by atoms with van der Waals surface area (Å²) in [6, 6.07) is 14.3. The number of aryl methyl sites for hydroxylation is 2. The van der Waals surface area contributed by atoms with E-state index >= 15 is 0 Å². The molecule has 2 heteroatoms. The lowest BCUT2D eigenvalue weighted by molar-refractivity contribution is 0.193. The van der Waals surface area contributed by atoms with Gasteiger partial charge in [0.05, 0.1) is 0 Å². The Hall–Kier alpha value is -2.35. The highest BCUT2D eigenvalue weighted by Crippen LogP contribution is 2.46. The molecule has 0 saturated heterocycles. The molecular formula is C30H41FO. The molecule has 0 bridgehead atoms. The topological polar surface area (TPSA) is 20.2 Å². The van der Waals surface area contributed by atoms with E-state index in [0.29, 0.717) is 18.1 Å². The van der Waals surface area contributed by atoms with E-state index in [1.54, 1.807) is 13.8 Å². The zero-order chi connectivity index (χ0) is 24.1. The van der Waals surface area contributed by atoms with E-state index in [-0.39, 0.29) is 5.92 Å². The molecule has 174 valence electrons. The van der Waals surface area contributed by atoms with Crippen molar-refractivity contribution in [2.75, 3.05) is 0 Å². The number of halogens is 1. The standard InChI is InChI=1S/C15H21F.C15H20O/c1-11(2)14(10-15(4,5)16)13-8-6-12(3)7-9-13;1-10(2)8-14(12-4-5-12)13-6-7-15(16)11(3)9-13/h6-9,14H,1,10H2,2-5H3;6-7,9,12,14,16H,1,4-5,8H2,2-3H3/t14-;/m1./s1. The van der Waals surface area contributed by atoms with E-state index in [4.69, 9.17) is 0 Å². The van der Waals surface area contributed by atoms with E-state index in [9.17, 15) is 9.50 Å². The van der Waals surface area contributed by atoms with Gasteiger partial charge in [-0.3, -0.25) is 0 Å². The van der Waals surface area contributed by atoms with Gasteiger partial charge in [-0.25, -0.2) is 4.39 Å². The first-order chi connectivity index (χ1) is 14.9. The van der Waals surface area contributed by atoms with Crippen LogP contribution in [0.1, 0.15) is 87.5 Å². The zero-order valence-corrected chi connectivity index (χ0v) is 20.8. The van der Waals surface area contributed by atoms with Gasteiger partial charge in [0.2, 0.25) is 0 Å². The quantitative estimate of drug-likeness (QED) is 0.409. The van der Waals surface area contributed by atoms with Crippen LogP contribution in [0.15, 0.2) is 66.8 Å². The van der Waals surface area contributed by atoms with Crippen molar-refractivity contribution < 1.29 is 9.50 Å². The summed E-state index contributed by atoms with van der Waals surface area (Å²) in [6.45, 7) is 19.3. The van der Waals surface area contributed by atoms with Crippen LogP contribution in [-0.4, -0.2) is 10.8 Å². The number of allylic oxidation sites excluding steroid dienone is 2. The number of phenols is 1. The van der Waals surface area contributed by atoms with Gasteiger partial charge in [-0.1, -0.05) is 59.7 Å². The number of hydrogen-bond donors (Lipinski definition) is 1. The van der Waals surface area contributed by atoms with Crippen LogP contribution in [-0.2, 0) is 0 Å². The Balaban J connectivity index is 0.000000227. The Bertz CT molecular complexity index is 913. The summed E-state index contributed by atoms with van der Waals surface area (Å²) in [5.41, 5.74) is 5.84. The van der Waals surface area contributed by atoms with Gasteiger partial charge in [-0.2, -0.15) is 0 Å². The van der Waals surface area contributed by atoms with Crippen LogP contribution in [0.5, 0.6) is 5.75 Å². The number of rotatable bonds is 8. The monoisotopic (exact) mass is 436 g/mol. The van der Waals surface area contributed by atoms with E-state index in [1.807, 2.05) is 19.9 Å². The molecule has 0 amide bonds. The number of hydrogen-bond acceptors (Lipinski definition) is 1. The minimum Gasteiger partial charge on any atom is -0.508 e. The molecule has 0 heterocycles. The van der Waals surface area contributed by atoms with Crippen molar-refractivity contribution in [3.05, 3.63) is 89.0 Å². The second-order valence-corrected chi connectivity index (χ2v) is 10.4. The second kappa shape index (κ2) is 11.0. The van der Waals surface area contributed by atoms with Gasteiger partial charge in [0.15, 0.2) is 0 Å². The summed E-state index contributed by atoms with van der Waals surface area (Å²) in [6.07, 6.45) is 4.26. The SMILES string of the molecule is C=C(C)CC(c1ccc(O)c(C)c1)C1CC1.C=C(C)[C@@H](CC(C)(C)F)c1ccc(C)cc1. The Kier molecular flexibility index (Phi) is 8.89. The molecule has 2 aromatic carbocycles. The van der Waals surface area contributed by atoms with Gasteiger partial charge in [0.25, 0.3) is 0 Å². The fraction of sp³-hybridized carbons (Fsp3) is 0.467. The average molecular weight is 437 g/mol. The lowest BCUT2D eigenvalue weighted by Gasteiger charge is -2.24. The maximum absolute atomic E-state index is 13.7. The van der Waals surface area contributed by atoms with E-state index < -0.39 is 5.67 Å². The summed E-state index contributed by atoms with van der Waals surface area (Å²) < 4.78 is 13.7. The normalized spacial score (nSPS) is 15.3. The minimum absolute atomic E-state index is 0.112. The van der Waals surface area contributed by atoms with Crippen LogP contribution in [0.2, 0.25) is 0 Å². The molecule has 1 aliphatic carbocycles. The van der Waals surface area contributed by atoms with E-state index in [1.165, 1.54) is 29.5 Å². The first kappa shape index (κ1) is 25.9. The van der Waals surface area contributed by atoms with Crippen LogP contribution in [0, 0.1) is 19.8 Å². The average Bonchev–Trinajstić information content (AvgIpc) is 3.52. The Morgan fingerprint density at radius 2 is 1.59 bits per heavy atom. The van der Waals surface area contributed by atoms with Crippen molar-refractivity contribution in [2.45, 2.75) is 84.7 Å². The summed E-state index contributed by atoms with van der Waals surface area (Å²) in [7, 11) is 0. The van der Waals surface area contributed by atoms with Gasteiger partial charge < -0.3 is 5.11 Å². The van der Waals surface area contributed by atoms with Crippen molar-refractivity contribution in [1.29, 1.82) is 0 Å². The molecule has 32 heavy (non-hydrogen) atoms. The maximum atomic E-state index is 13.7. The Morgan fingerprint density at radius 3 is 2.03 bits per heavy atom. The van der Waals surface area contributed by atoms with Crippen LogP contribution < -0.4 is 0 Å². The summed E-state index contributed by atoms with van der Waals surface area (Å²) >= 11 is 0. The van der Waals surface area contributed by atoms with Crippen LogP contribution >= 0.6 is 0 Å². The summed E-state index contributed by atoms with van der Waals surface area (Å²) in [4.78, 5) is 0. The predicted octanol–water partition coefficient (Wildman–Crippen LogP) is 8.95. The smallest absolute Gasteiger partial charge is 0.118 e.